The molecule has 0 unspecified atom stereocenters. The Labute approximate surface area is 183 Å². The van der Waals surface area contributed by atoms with Gasteiger partial charge in [-0.25, -0.2) is 9.97 Å². The minimum absolute atomic E-state index is 0.0477. The standard InChI is InChI=1S/C23H21N3O2S2/c1-3-12-26-22(27)19-6-4-5-7-20(19)25-23(26)30-15-17-14-29-21(24-17)13-28-18-10-8-16(2)9-11-18/h3-11,14H,1,12-13,15H2,2H3. The molecule has 0 fully saturated rings. The van der Waals surface area contributed by atoms with Gasteiger partial charge < -0.3 is 4.74 Å². The van der Waals surface area contributed by atoms with Gasteiger partial charge >= 0.3 is 0 Å². The molecular weight excluding hydrogens is 414 g/mol. The second-order valence-corrected chi connectivity index (χ2v) is 8.62. The molecule has 2 aromatic carbocycles. The van der Waals surface area contributed by atoms with Gasteiger partial charge in [-0.3, -0.25) is 9.36 Å². The molecule has 0 atom stereocenters. The van der Waals surface area contributed by atoms with E-state index >= 15 is 0 Å². The van der Waals surface area contributed by atoms with Gasteiger partial charge in [-0.15, -0.1) is 17.9 Å². The third-order valence-electron chi connectivity index (χ3n) is 4.47. The van der Waals surface area contributed by atoms with Crippen LogP contribution in [-0.2, 0) is 18.9 Å². The largest absolute Gasteiger partial charge is 0.486 e. The summed E-state index contributed by atoms with van der Waals surface area (Å²) in [7, 11) is 0. The molecule has 4 aromatic rings. The summed E-state index contributed by atoms with van der Waals surface area (Å²) in [5.74, 6) is 1.46. The number of thioether (sulfide) groups is 1. The summed E-state index contributed by atoms with van der Waals surface area (Å²) in [6, 6.07) is 15.4. The van der Waals surface area contributed by atoms with Crippen molar-refractivity contribution in [2.24, 2.45) is 0 Å². The van der Waals surface area contributed by atoms with Gasteiger partial charge in [0.25, 0.3) is 5.56 Å². The first-order valence-corrected chi connectivity index (χ1v) is 11.4. The number of hydrogen-bond acceptors (Lipinski definition) is 6. The van der Waals surface area contributed by atoms with E-state index in [1.807, 2.05) is 54.8 Å². The maximum Gasteiger partial charge on any atom is 0.262 e. The summed E-state index contributed by atoms with van der Waals surface area (Å²) in [5, 5.41) is 4.23. The van der Waals surface area contributed by atoms with Gasteiger partial charge in [-0.1, -0.05) is 47.7 Å². The lowest BCUT2D eigenvalue weighted by Gasteiger charge is -2.10. The van der Waals surface area contributed by atoms with Crippen molar-refractivity contribution < 1.29 is 4.74 Å². The minimum atomic E-state index is -0.0477. The molecule has 5 nitrogen and oxygen atoms in total. The van der Waals surface area contributed by atoms with Gasteiger partial charge in [0.15, 0.2) is 5.16 Å². The van der Waals surface area contributed by atoms with Gasteiger partial charge in [0.1, 0.15) is 17.4 Å². The molecule has 0 bridgehead atoms. The highest BCUT2D eigenvalue weighted by Crippen LogP contribution is 2.24. The molecule has 0 saturated carbocycles. The quantitative estimate of drug-likeness (QED) is 0.216. The Morgan fingerprint density at radius 3 is 2.77 bits per heavy atom. The highest BCUT2D eigenvalue weighted by molar-refractivity contribution is 7.98. The lowest BCUT2D eigenvalue weighted by Crippen LogP contribution is -2.22. The van der Waals surface area contributed by atoms with E-state index in [0.29, 0.717) is 35.0 Å². The number of nitrogens with zero attached hydrogens (tertiary/aromatic N) is 3. The van der Waals surface area contributed by atoms with Gasteiger partial charge in [0.2, 0.25) is 0 Å². The average Bonchev–Trinajstić information content (AvgIpc) is 3.22. The molecule has 0 aliphatic heterocycles. The van der Waals surface area contributed by atoms with Crippen molar-refractivity contribution in [3.8, 4) is 5.75 Å². The van der Waals surface area contributed by atoms with Crippen molar-refractivity contribution in [3.63, 3.8) is 0 Å². The highest BCUT2D eigenvalue weighted by atomic mass is 32.2. The fourth-order valence-electron chi connectivity index (χ4n) is 2.95. The summed E-state index contributed by atoms with van der Waals surface area (Å²) in [4.78, 5) is 22.2. The molecule has 0 saturated heterocycles. The molecule has 0 aliphatic carbocycles. The first-order valence-electron chi connectivity index (χ1n) is 9.50. The van der Waals surface area contributed by atoms with E-state index in [9.17, 15) is 4.79 Å². The van der Waals surface area contributed by atoms with Crippen LogP contribution in [0.3, 0.4) is 0 Å². The summed E-state index contributed by atoms with van der Waals surface area (Å²) in [6.07, 6.45) is 1.71. The van der Waals surface area contributed by atoms with Crippen LogP contribution in [0.2, 0.25) is 0 Å². The Morgan fingerprint density at radius 2 is 1.97 bits per heavy atom. The minimum Gasteiger partial charge on any atom is -0.486 e. The summed E-state index contributed by atoms with van der Waals surface area (Å²) >= 11 is 3.08. The third kappa shape index (κ3) is 4.63. The van der Waals surface area contributed by atoms with Crippen molar-refractivity contribution in [1.29, 1.82) is 0 Å². The number of aryl methyl sites for hydroxylation is 1. The van der Waals surface area contributed by atoms with Crippen molar-refractivity contribution in [1.82, 2.24) is 14.5 Å². The zero-order chi connectivity index (χ0) is 20.9. The van der Waals surface area contributed by atoms with Crippen molar-refractivity contribution in [3.05, 3.63) is 93.2 Å². The lowest BCUT2D eigenvalue weighted by atomic mass is 10.2. The number of allylic oxidation sites excluding steroid dienone is 1. The van der Waals surface area contributed by atoms with E-state index in [1.54, 1.807) is 28.0 Å². The summed E-state index contributed by atoms with van der Waals surface area (Å²) in [6.45, 7) is 6.68. The second-order valence-electron chi connectivity index (χ2n) is 6.74. The monoisotopic (exact) mass is 435 g/mol. The first kappa shape index (κ1) is 20.4. The van der Waals surface area contributed by atoms with Gasteiger partial charge in [-0.2, -0.15) is 0 Å². The zero-order valence-corrected chi connectivity index (χ0v) is 18.2. The third-order valence-corrected chi connectivity index (χ3v) is 6.35. The van der Waals surface area contributed by atoms with Crippen LogP contribution < -0.4 is 10.3 Å². The van der Waals surface area contributed by atoms with Crippen LogP contribution >= 0.6 is 23.1 Å². The molecular formula is C23H21N3O2S2. The number of fused-ring (bicyclic) bond motifs is 1. The molecule has 2 aromatic heterocycles. The van der Waals surface area contributed by atoms with E-state index in [0.717, 1.165) is 16.5 Å². The highest BCUT2D eigenvalue weighted by Gasteiger charge is 2.12. The fraction of sp³-hybridized carbons (Fsp3) is 0.174. The molecule has 0 amide bonds. The molecule has 0 aliphatic rings. The Morgan fingerprint density at radius 1 is 1.17 bits per heavy atom. The number of aromatic nitrogens is 3. The molecule has 0 radical (unpaired) electrons. The first-order chi connectivity index (χ1) is 14.6. The van der Waals surface area contributed by atoms with Crippen LogP contribution in [0.5, 0.6) is 5.75 Å². The van der Waals surface area contributed by atoms with E-state index in [4.69, 9.17) is 4.74 Å². The summed E-state index contributed by atoms with van der Waals surface area (Å²) < 4.78 is 7.47. The van der Waals surface area contributed by atoms with Crippen LogP contribution in [0, 0.1) is 6.92 Å². The van der Waals surface area contributed by atoms with Gasteiger partial charge in [0, 0.05) is 17.7 Å². The molecule has 0 N–H and O–H groups in total. The average molecular weight is 436 g/mol. The van der Waals surface area contributed by atoms with Crippen LogP contribution in [0.1, 0.15) is 16.3 Å². The predicted octanol–water partition coefficient (Wildman–Crippen LogP) is 5.22. The van der Waals surface area contributed by atoms with Crippen molar-refractivity contribution >= 4 is 34.0 Å². The molecule has 152 valence electrons. The van der Waals surface area contributed by atoms with Gasteiger partial charge in [-0.05, 0) is 31.2 Å². The molecule has 30 heavy (non-hydrogen) atoms. The number of para-hydroxylation sites is 1. The number of thiazole rings is 1. The van der Waals surface area contributed by atoms with E-state index < -0.39 is 0 Å². The molecule has 4 rings (SSSR count). The van der Waals surface area contributed by atoms with Crippen LogP contribution in [0.15, 0.2) is 76.5 Å². The normalized spacial score (nSPS) is 11.0. The number of rotatable bonds is 8. The van der Waals surface area contributed by atoms with E-state index in [2.05, 4.69) is 16.5 Å². The molecule has 7 heteroatoms. The van der Waals surface area contributed by atoms with Crippen LogP contribution in [0.4, 0.5) is 0 Å². The zero-order valence-electron chi connectivity index (χ0n) is 16.6. The lowest BCUT2D eigenvalue weighted by molar-refractivity contribution is 0.305. The fourth-order valence-corrected chi connectivity index (χ4v) is 4.66. The maximum absolute atomic E-state index is 12.8. The predicted molar refractivity (Wildman–Crippen MR) is 123 cm³/mol. The topological polar surface area (TPSA) is 57.0 Å². The number of benzene rings is 2. The SMILES string of the molecule is C=CCn1c(SCc2csc(COc3ccc(C)cc3)n2)nc2ccccc2c1=O. The number of hydrogen-bond donors (Lipinski definition) is 0. The smallest absolute Gasteiger partial charge is 0.262 e. The van der Waals surface area contributed by atoms with Crippen molar-refractivity contribution in [2.45, 2.75) is 31.0 Å². The van der Waals surface area contributed by atoms with E-state index in [1.165, 1.54) is 17.3 Å². The van der Waals surface area contributed by atoms with Crippen LogP contribution in [0.25, 0.3) is 10.9 Å². The van der Waals surface area contributed by atoms with Crippen LogP contribution in [-0.4, -0.2) is 14.5 Å². The molecule has 0 spiro atoms. The number of ether oxygens (including phenoxy) is 1. The Balaban J connectivity index is 1.46. The molecule has 2 heterocycles. The van der Waals surface area contributed by atoms with E-state index in [-0.39, 0.29) is 5.56 Å². The van der Waals surface area contributed by atoms with Gasteiger partial charge in [0.05, 0.1) is 16.6 Å². The Kier molecular flexibility index (Phi) is 6.30. The maximum atomic E-state index is 12.8. The second kappa shape index (κ2) is 9.28. The summed E-state index contributed by atoms with van der Waals surface area (Å²) in [5.41, 5.74) is 2.80. The Hall–Kier alpha value is -2.90. The van der Waals surface area contributed by atoms with Crippen molar-refractivity contribution in [2.75, 3.05) is 0 Å². The Bertz CT molecular complexity index is 1230.